The first-order chi connectivity index (χ1) is 11.3. The highest BCUT2D eigenvalue weighted by molar-refractivity contribution is 9.10. The van der Waals surface area contributed by atoms with Gasteiger partial charge in [-0.05, 0) is 56.3 Å². The van der Waals surface area contributed by atoms with Crippen LogP contribution in [0.3, 0.4) is 0 Å². The minimum atomic E-state index is -0.606. The second-order valence-electron chi connectivity index (χ2n) is 5.41. The maximum absolute atomic E-state index is 13.8. The Morgan fingerprint density at radius 3 is 2.12 bits per heavy atom. The van der Waals surface area contributed by atoms with Gasteiger partial charge in [-0.25, -0.2) is 9.18 Å². The zero-order valence-electron chi connectivity index (χ0n) is 13.2. The van der Waals surface area contributed by atoms with Crippen molar-refractivity contribution in [1.29, 1.82) is 0 Å². The van der Waals surface area contributed by atoms with E-state index in [4.69, 9.17) is 0 Å². The third kappa shape index (κ3) is 5.06. The van der Waals surface area contributed by atoms with E-state index >= 15 is 0 Å². The quantitative estimate of drug-likeness (QED) is 0.721. The van der Waals surface area contributed by atoms with E-state index in [1.807, 2.05) is 13.8 Å². The molecular formula is C17H17BrFN3O2. The number of carbonyl (C=O) groups excluding carboxylic acids is 2. The molecule has 24 heavy (non-hydrogen) atoms. The van der Waals surface area contributed by atoms with Gasteiger partial charge in [0.15, 0.2) is 0 Å². The Balaban J connectivity index is 2.01. The average Bonchev–Trinajstić information content (AvgIpc) is 2.48. The van der Waals surface area contributed by atoms with Gasteiger partial charge in [0.25, 0.3) is 5.91 Å². The smallest absolute Gasteiger partial charge is 0.319 e. The Bertz CT molecular complexity index is 748. The monoisotopic (exact) mass is 393 g/mol. The second-order valence-corrected chi connectivity index (χ2v) is 6.32. The zero-order valence-corrected chi connectivity index (χ0v) is 14.8. The molecule has 0 radical (unpaired) electrons. The molecule has 0 fully saturated rings. The standard InChI is InChI=1S/C17H17BrFN3O2/c1-10(2)20-17(24)22-13-6-4-12(5-7-13)21-16(23)14-8-3-11(18)9-15(14)19/h3-10H,1-2H3,(H,21,23)(H2,20,22,24). The van der Waals surface area contributed by atoms with Gasteiger partial charge in [0.1, 0.15) is 5.82 Å². The summed E-state index contributed by atoms with van der Waals surface area (Å²) in [6.07, 6.45) is 0. The van der Waals surface area contributed by atoms with Gasteiger partial charge in [0.2, 0.25) is 0 Å². The fraction of sp³-hybridized carbons (Fsp3) is 0.176. The van der Waals surface area contributed by atoms with Crippen LogP contribution in [0.25, 0.3) is 0 Å². The first kappa shape index (κ1) is 17.9. The molecule has 0 saturated carbocycles. The molecule has 0 aromatic heterocycles. The van der Waals surface area contributed by atoms with E-state index in [9.17, 15) is 14.0 Å². The molecular weight excluding hydrogens is 377 g/mol. The van der Waals surface area contributed by atoms with Crippen molar-refractivity contribution >= 4 is 39.2 Å². The van der Waals surface area contributed by atoms with Crippen molar-refractivity contribution < 1.29 is 14.0 Å². The Kier molecular flexibility index (Phi) is 5.92. The van der Waals surface area contributed by atoms with Gasteiger partial charge in [0.05, 0.1) is 5.56 Å². The van der Waals surface area contributed by atoms with Crippen LogP contribution >= 0.6 is 15.9 Å². The summed E-state index contributed by atoms with van der Waals surface area (Å²) >= 11 is 3.14. The summed E-state index contributed by atoms with van der Waals surface area (Å²) in [5, 5.41) is 7.99. The predicted molar refractivity (Wildman–Crippen MR) is 95.8 cm³/mol. The van der Waals surface area contributed by atoms with Gasteiger partial charge >= 0.3 is 6.03 Å². The minimum Gasteiger partial charge on any atom is -0.336 e. The van der Waals surface area contributed by atoms with Crippen molar-refractivity contribution in [2.75, 3.05) is 10.6 Å². The van der Waals surface area contributed by atoms with Crippen LogP contribution in [-0.4, -0.2) is 18.0 Å². The van der Waals surface area contributed by atoms with Crippen molar-refractivity contribution in [1.82, 2.24) is 5.32 Å². The summed E-state index contributed by atoms with van der Waals surface area (Å²) in [6.45, 7) is 3.72. The summed E-state index contributed by atoms with van der Waals surface area (Å²) in [4.78, 5) is 23.7. The highest BCUT2D eigenvalue weighted by atomic mass is 79.9. The summed E-state index contributed by atoms with van der Waals surface area (Å²) < 4.78 is 14.3. The number of benzene rings is 2. The molecule has 0 bridgehead atoms. The maximum Gasteiger partial charge on any atom is 0.319 e. The minimum absolute atomic E-state index is 0.0318. The lowest BCUT2D eigenvalue weighted by Gasteiger charge is -2.11. The van der Waals surface area contributed by atoms with Crippen LogP contribution in [0.4, 0.5) is 20.6 Å². The molecule has 2 aromatic rings. The molecule has 0 atom stereocenters. The molecule has 2 aromatic carbocycles. The lowest BCUT2D eigenvalue weighted by Crippen LogP contribution is -2.34. The molecule has 2 rings (SSSR count). The molecule has 7 heteroatoms. The molecule has 0 unspecified atom stereocenters. The van der Waals surface area contributed by atoms with Crippen LogP contribution in [0.15, 0.2) is 46.9 Å². The third-order valence-electron chi connectivity index (χ3n) is 3.00. The molecule has 0 heterocycles. The third-order valence-corrected chi connectivity index (χ3v) is 3.49. The zero-order chi connectivity index (χ0) is 17.7. The Morgan fingerprint density at radius 1 is 1.00 bits per heavy atom. The fourth-order valence-electron chi connectivity index (χ4n) is 1.94. The number of halogens is 2. The SMILES string of the molecule is CC(C)NC(=O)Nc1ccc(NC(=O)c2ccc(Br)cc2F)cc1. The molecule has 0 spiro atoms. The van der Waals surface area contributed by atoms with E-state index in [1.54, 1.807) is 30.3 Å². The Hall–Kier alpha value is -2.41. The van der Waals surface area contributed by atoms with E-state index in [0.29, 0.717) is 15.8 Å². The molecule has 5 nitrogen and oxygen atoms in total. The first-order valence-electron chi connectivity index (χ1n) is 7.29. The molecule has 0 aliphatic carbocycles. The van der Waals surface area contributed by atoms with Gasteiger partial charge in [0, 0.05) is 21.9 Å². The second kappa shape index (κ2) is 7.92. The summed E-state index contributed by atoms with van der Waals surface area (Å²) in [7, 11) is 0. The number of rotatable bonds is 4. The van der Waals surface area contributed by atoms with Crippen molar-refractivity contribution in [3.8, 4) is 0 Å². The molecule has 0 aliphatic heterocycles. The van der Waals surface area contributed by atoms with Gasteiger partial charge in [-0.3, -0.25) is 4.79 Å². The highest BCUT2D eigenvalue weighted by Gasteiger charge is 2.12. The molecule has 3 N–H and O–H groups in total. The Morgan fingerprint density at radius 2 is 1.58 bits per heavy atom. The summed E-state index contributed by atoms with van der Waals surface area (Å²) in [5.74, 6) is -1.15. The average molecular weight is 394 g/mol. The maximum atomic E-state index is 13.8. The van der Waals surface area contributed by atoms with Crippen molar-refractivity contribution in [3.05, 3.63) is 58.3 Å². The van der Waals surface area contributed by atoms with Crippen LogP contribution in [0.5, 0.6) is 0 Å². The first-order valence-corrected chi connectivity index (χ1v) is 8.08. The number of hydrogen-bond acceptors (Lipinski definition) is 2. The normalized spacial score (nSPS) is 10.4. The van der Waals surface area contributed by atoms with Crippen molar-refractivity contribution in [2.45, 2.75) is 19.9 Å². The fourth-order valence-corrected chi connectivity index (χ4v) is 2.27. The number of hydrogen-bond donors (Lipinski definition) is 3. The van der Waals surface area contributed by atoms with Gasteiger partial charge in [-0.1, -0.05) is 15.9 Å². The van der Waals surface area contributed by atoms with Crippen molar-refractivity contribution in [2.24, 2.45) is 0 Å². The largest absolute Gasteiger partial charge is 0.336 e. The molecule has 0 saturated heterocycles. The number of nitrogens with one attached hydrogen (secondary N) is 3. The van der Waals surface area contributed by atoms with Crippen LogP contribution in [0.1, 0.15) is 24.2 Å². The van der Waals surface area contributed by atoms with Gasteiger partial charge in [-0.15, -0.1) is 0 Å². The number of amides is 3. The summed E-state index contributed by atoms with van der Waals surface area (Å²) in [6, 6.07) is 10.5. The van der Waals surface area contributed by atoms with Crippen LogP contribution in [0, 0.1) is 5.82 Å². The van der Waals surface area contributed by atoms with Crippen molar-refractivity contribution in [3.63, 3.8) is 0 Å². The molecule has 0 aliphatic rings. The van der Waals surface area contributed by atoms with E-state index < -0.39 is 11.7 Å². The topological polar surface area (TPSA) is 70.2 Å². The molecule has 3 amide bonds. The number of urea groups is 1. The highest BCUT2D eigenvalue weighted by Crippen LogP contribution is 2.18. The molecule has 126 valence electrons. The number of anilines is 2. The summed E-state index contributed by atoms with van der Waals surface area (Å²) in [5.41, 5.74) is 1.04. The van der Waals surface area contributed by atoms with Crippen LogP contribution < -0.4 is 16.0 Å². The lowest BCUT2D eigenvalue weighted by atomic mass is 10.2. The van der Waals surface area contributed by atoms with E-state index in [2.05, 4.69) is 31.9 Å². The van der Waals surface area contributed by atoms with E-state index in [1.165, 1.54) is 12.1 Å². The number of carbonyl (C=O) groups is 2. The van der Waals surface area contributed by atoms with Crippen LogP contribution in [-0.2, 0) is 0 Å². The Labute approximate surface area is 147 Å². The van der Waals surface area contributed by atoms with E-state index in [-0.39, 0.29) is 17.6 Å². The van der Waals surface area contributed by atoms with Gasteiger partial charge in [-0.2, -0.15) is 0 Å². The lowest BCUT2D eigenvalue weighted by molar-refractivity contribution is 0.102. The van der Waals surface area contributed by atoms with E-state index in [0.717, 1.165) is 0 Å². The predicted octanol–water partition coefficient (Wildman–Crippen LogP) is 4.37. The van der Waals surface area contributed by atoms with Crippen LogP contribution in [0.2, 0.25) is 0 Å². The van der Waals surface area contributed by atoms with Gasteiger partial charge < -0.3 is 16.0 Å².